The minimum absolute atomic E-state index is 0.210. The van der Waals surface area contributed by atoms with E-state index in [2.05, 4.69) is 20.1 Å². The van der Waals surface area contributed by atoms with Crippen molar-refractivity contribution in [2.45, 2.75) is 45.6 Å². The molecule has 1 aromatic heterocycles. The first-order valence-corrected chi connectivity index (χ1v) is 6.28. The molecule has 5 nitrogen and oxygen atoms in total. The summed E-state index contributed by atoms with van der Waals surface area (Å²) in [6.07, 6.45) is 4.43. The summed E-state index contributed by atoms with van der Waals surface area (Å²) in [6.45, 7) is 4.89. The summed E-state index contributed by atoms with van der Waals surface area (Å²) in [5.41, 5.74) is 1.81. The van der Waals surface area contributed by atoms with Crippen molar-refractivity contribution in [3.8, 4) is 0 Å². The van der Waals surface area contributed by atoms with Gasteiger partial charge in [0.15, 0.2) is 0 Å². The molecule has 2 rings (SSSR count). The molecule has 5 heteroatoms. The molecule has 1 aromatic rings. The molecule has 1 N–H and O–H groups in total. The van der Waals surface area contributed by atoms with Crippen LogP contribution in [0.1, 0.15) is 37.1 Å². The number of hydrogen-bond acceptors (Lipinski definition) is 5. The summed E-state index contributed by atoms with van der Waals surface area (Å²) in [5, 5.41) is 17.3. The highest BCUT2D eigenvalue weighted by Crippen LogP contribution is 2.27. The van der Waals surface area contributed by atoms with E-state index < -0.39 is 0 Å². The Morgan fingerprint density at radius 2 is 2.00 bits per heavy atom. The van der Waals surface area contributed by atoms with E-state index in [9.17, 15) is 0 Å². The van der Waals surface area contributed by atoms with Crippen LogP contribution < -0.4 is 4.90 Å². The predicted molar refractivity (Wildman–Crippen MR) is 66.0 cm³/mol. The zero-order valence-electron chi connectivity index (χ0n) is 10.6. The number of aliphatic hydroxyl groups excluding tert-OH is 1. The summed E-state index contributed by atoms with van der Waals surface area (Å²) >= 11 is 0. The van der Waals surface area contributed by atoms with Crippen molar-refractivity contribution >= 4 is 5.95 Å². The average molecular weight is 236 g/mol. The lowest BCUT2D eigenvalue weighted by atomic mass is 9.91. The van der Waals surface area contributed by atoms with Gasteiger partial charge in [0.05, 0.1) is 11.4 Å². The highest BCUT2D eigenvalue weighted by molar-refractivity contribution is 5.32. The van der Waals surface area contributed by atoms with E-state index in [-0.39, 0.29) is 6.61 Å². The maximum absolute atomic E-state index is 8.95. The van der Waals surface area contributed by atoms with Crippen LogP contribution in [0.25, 0.3) is 0 Å². The van der Waals surface area contributed by atoms with Crippen molar-refractivity contribution in [2.24, 2.45) is 0 Å². The largest absolute Gasteiger partial charge is 0.396 e. The standard InChI is InChI=1S/C12H20N4O/c1-9-10(2)14-15-12(13-9)16(7-4-8-17)11-5-3-6-11/h11,17H,3-8H2,1-2H3. The van der Waals surface area contributed by atoms with Crippen LogP contribution in [0.4, 0.5) is 5.95 Å². The normalized spacial score (nSPS) is 15.7. The Kier molecular flexibility index (Phi) is 3.89. The quantitative estimate of drug-likeness (QED) is 0.833. The van der Waals surface area contributed by atoms with Gasteiger partial charge in [-0.1, -0.05) is 0 Å². The van der Waals surface area contributed by atoms with Crippen LogP contribution in [0.3, 0.4) is 0 Å². The van der Waals surface area contributed by atoms with Gasteiger partial charge < -0.3 is 10.0 Å². The van der Waals surface area contributed by atoms with Crippen LogP contribution in [0.15, 0.2) is 0 Å². The first-order chi connectivity index (χ1) is 8.22. The van der Waals surface area contributed by atoms with E-state index >= 15 is 0 Å². The van der Waals surface area contributed by atoms with Crippen LogP contribution in [0, 0.1) is 13.8 Å². The Morgan fingerprint density at radius 3 is 2.53 bits per heavy atom. The lowest BCUT2D eigenvalue weighted by Crippen LogP contribution is -2.42. The van der Waals surface area contributed by atoms with Gasteiger partial charge in [0, 0.05) is 19.2 Å². The number of aliphatic hydroxyl groups is 1. The predicted octanol–water partition coefficient (Wildman–Crippen LogP) is 1.23. The third-order valence-corrected chi connectivity index (χ3v) is 3.41. The third kappa shape index (κ3) is 2.72. The minimum atomic E-state index is 0.210. The van der Waals surface area contributed by atoms with Gasteiger partial charge >= 0.3 is 0 Å². The monoisotopic (exact) mass is 236 g/mol. The first kappa shape index (κ1) is 12.2. The van der Waals surface area contributed by atoms with E-state index in [1.165, 1.54) is 19.3 Å². The Hall–Kier alpha value is -1.23. The number of nitrogens with zero attached hydrogens (tertiary/aromatic N) is 4. The van der Waals surface area contributed by atoms with E-state index in [0.29, 0.717) is 12.0 Å². The second kappa shape index (κ2) is 5.40. The zero-order valence-corrected chi connectivity index (χ0v) is 10.6. The van der Waals surface area contributed by atoms with E-state index in [0.717, 1.165) is 24.4 Å². The van der Waals surface area contributed by atoms with Crippen LogP contribution >= 0.6 is 0 Å². The first-order valence-electron chi connectivity index (χ1n) is 6.28. The number of hydrogen-bond donors (Lipinski definition) is 1. The molecule has 1 fully saturated rings. The van der Waals surface area contributed by atoms with E-state index in [1.807, 2.05) is 13.8 Å². The second-order valence-corrected chi connectivity index (χ2v) is 4.64. The highest BCUT2D eigenvalue weighted by Gasteiger charge is 2.26. The summed E-state index contributed by atoms with van der Waals surface area (Å²) in [4.78, 5) is 6.69. The molecular weight excluding hydrogens is 216 g/mol. The van der Waals surface area contributed by atoms with Crippen LogP contribution in [0.2, 0.25) is 0 Å². The van der Waals surface area contributed by atoms with Crippen LogP contribution in [-0.4, -0.2) is 39.5 Å². The van der Waals surface area contributed by atoms with Gasteiger partial charge in [-0.15, -0.1) is 5.10 Å². The fraction of sp³-hybridized carbons (Fsp3) is 0.750. The lowest BCUT2D eigenvalue weighted by Gasteiger charge is -2.37. The molecule has 0 atom stereocenters. The molecule has 0 bridgehead atoms. The molecule has 0 spiro atoms. The van der Waals surface area contributed by atoms with Gasteiger partial charge in [-0.25, -0.2) is 4.98 Å². The van der Waals surface area contributed by atoms with Crippen molar-refractivity contribution in [3.63, 3.8) is 0 Å². The summed E-state index contributed by atoms with van der Waals surface area (Å²) in [5.74, 6) is 0.714. The highest BCUT2D eigenvalue weighted by atomic mass is 16.3. The molecule has 0 radical (unpaired) electrons. The van der Waals surface area contributed by atoms with Crippen molar-refractivity contribution in [1.29, 1.82) is 0 Å². The topological polar surface area (TPSA) is 62.1 Å². The summed E-state index contributed by atoms with van der Waals surface area (Å²) in [7, 11) is 0. The lowest BCUT2D eigenvalue weighted by molar-refractivity contribution is 0.282. The van der Waals surface area contributed by atoms with Gasteiger partial charge in [-0.3, -0.25) is 0 Å². The maximum Gasteiger partial charge on any atom is 0.245 e. The van der Waals surface area contributed by atoms with E-state index in [1.54, 1.807) is 0 Å². The number of aromatic nitrogens is 3. The minimum Gasteiger partial charge on any atom is -0.396 e. The van der Waals surface area contributed by atoms with Gasteiger partial charge in [0.1, 0.15) is 0 Å². The second-order valence-electron chi connectivity index (χ2n) is 4.64. The maximum atomic E-state index is 8.95. The summed E-state index contributed by atoms with van der Waals surface area (Å²) in [6, 6.07) is 0.533. The van der Waals surface area contributed by atoms with Gasteiger partial charge in [0.2, 0.25) is 5.95 Å². The molecule has 0 amide bonds. The molecule has 94 valence electrons. The number of aryl methyl sites for hydroxylation is 2. The molecular formula is C12H20N4O. The molecule has 1 aliphatic rings. The molecule has 1 heterocycles. The van der Waals surface area contributed by atoms with Crippen LogP contribution in [0.5, 0.6) is 0 Å². The summed E-state index contributed by atoms with van der Waals surface area (Å²) < 4.78 is 0. The molecule has 1 saturated carbocycles. The smallest absolute Gasteiger partial charge is 0.245 e. The molecule has 0 aromatic carbocycles. The average Bonchev–Trinajstić information content (AvgIpc) is 2.25. The molecule has 0 aliphatic heterocycles. The molecule has 0 unspecified atom stereocenters. The number of anilines is 1. The third-order valence-electron chi connectivity index (χ3n) is 3.41. The number of rotatable bonds is 5. The molecule has 0 saturated heterocycles. The Balaban J connectivity index is 2.15. The Labute approximate surface area is 102 Å². The van der Waals surface area contributed by atoms with Gasteiger partial charge in [-0.05, 0) is 39.5 Å². The van der Waals surface area contributed by atoms with Crippen LogP contribution in [-0.2, 0) is 0 Å². The van der Waals surface area contributed by atoms with Gasteiger partial charge in [-0.2, -0.15) is 5.10 Å². The van der Waals surface area contributed by atoms with Crippen molar-refractivity contribution < 1.29 is 5.11 Å². The van der Waals surface area contributed by atoms with Crippen molar-refractivity contribution in [1.82, 2.24) is 15.2 Å². The SMILES string of the molecule is Cc1nnc(N(CCCO)C2CCC2)nc1C. The fourth-order valence-corrected chi connectivity index (χ4v) is 1.95. The van der Waals surface area contributed by atoms with Crippen molar-refractivity contribution in [2.75, 3.05) is 18.1 Å². The van der Waals surface area contributed by atoms with Crippen molar-refractivity contribution in [3.05, 3.63) is 11.4 Å². The molecule has 17 heavy (non-hydrogen) atoms. The fourth-order valence-electron chi connectivity index (χ4n) is 1.95. The molecule has 1 aliphatic carbocycles. The Morgan fingerprint density at radius 1 is 1.24 bits per heavy atom. The van der Waals surface area contributed by atoms with E-state index in [4.69, 9.17) is 5.11 Å². The van der Waals surface area contributed by atoms with Gasteiger partial charge in [0.25, 0.3) is 0 Å². The zero-order chi connectivity index (χ0) is 12.3. The Bertz CT molecular complexity index is 379.